The van der Waals surface area contributed by atoms with Gasteiger partial charge in [0.05, 0.1) is 12.0 Å². The third kappa shape index (κ3) is 11.9. The number of hydrogen-bond donors (Lipinski definition) is 1. The fourth-order valence-corrected chi connectivity index (χ4v) is 5.24. The van der Waals surface area contributed by atoms with Crippen LogP contribution >= 0.6 is 0 Å². The van der Waals surface area contributed by atoms with Crippen LogP contribution in [0.3, 0.4) is 0 Å². The van der Waals surface area contributed by atoms with Crippen LogP contribution in [0.25, 0.3) is 0 Å². The van der Waals surface area contributed by atoms with Crippen LogP contribution in [0.4, 0.5) is 0 Å². The molecule has 0 amide bonds. The van der Waals surface area contributed by atoms with Gasteiger partial charge in [-0.3, -0.25) is 4.79 Å². The van der Waals surface area contributed by atoms with E-state index in [0.717, 1.165) is 23.6 Å². The topological polar surface area (TPSA) is 83.9 Å². The first-order chi connectivity index (χ1) is 15.4. The Balaban J connectivity index is 2.25. The van der Waals surface area contributed by atoms with E-state index in [4.69, 9.17) is 9.84 Å². The van der Waals surface area contributed by atoms with Gasteiger partial charge in [0, 0.05) is 6.54 Å². The van der Waals surface area contributed by atoms with Gasteiger partial charge in [0.1, 0.15) is 12.3 Å². The normalized spacial score (nSPS) is 11.7. The average Bonchev–Trinajstić information content (AvgIpc) is 2.78. The Labute approximate surface area is 195 Å². The van der Waals surface area contributed by atoms with Gasteiger partial charge in [-0.2, -0.15) is 4.31 Å². The fourth-order valence-electron chi connectivity index (χ4n) is 3.81. The zero-order chi connectivity index (χ0) is 23.7. The summed E-state index contributed by atoms with van der Waals surface area (Å²) in [4.78, 5) is 11.3. The molecule has 6 nitrogen and oxygen atoms in total. The Morgan fingerprint density at radius 1 is 0.812 bits per heavy atom. The molecule has 0 saturated carbocycles. The molecule has 0 bridgehead atoms. The van der Waals surface area contributed by atoms with E-state index in [0.29, 0.717) is 12.2 Å². The fraction of sp³-hybridized carbons (Fsp3) is 0.720. The summed E-state index contributed by atoms with van der Waals surface area (Å²) in [5.74, 6) is -0.590. The predicted molar refractivity (Wildman–Crippen MR) is 130 cm³/mol. The van der Waals surface area contributed by atoms with E-state index >= 15 is 0 Å². The summed E-state index contributed by atoms with van der Waals surface area (Å²) in [6.07, 6.45) is 17.1. The molecular formula is C25H43NO5S. The van der Waals surface area contributed by atoms with Crippen LogP contribution in [-0.2, 0) is 14.8 Å². The summed E-state index contributed by atoms with van der Waals surface area (Å²) in [5, 5.41) is 9.17. The number of carboxylic acids is 1. The molecule has 0 radical (unpaired) electrons. The number of ether oxygens (including phenoxy) is 1. The van der Waals surface area contributed by atoms with Crippen LogP contribution in [0.2, 0.25) is 0 Å². The minimum atomic E-state index is -3.84. The SMILES string of the molecule is CCCCCCCCCCCCCCCCN(CC(=O)O)S(=O)(=O)c1ccc(OC)cc1. The quantitative estimate of drug-likeness (QED) is 0.228. The molecule has 0 heterocycles. The van der Waals surface area contributed by atoms with Crippen LogP contribution < -0.4 is 4.74 Å². The van der Waals surface area contributed by atoms with Gasteiger partial charge in [0.15, 0.2) is 0 Å². The number of carboxylic acid groups (broad SMARTS) is 1. The summed E-state index contributed by atoms with van der Waals surface area (Å²) in [5.41, 5.74) is 0. The van der Waals surface area contributed by atoms with Crippen LogP contribution in [0, 0.1) is 0 Å². The molecule has 0 aromatic heterocycles. The highest BCUT2D eigenvalue weighted by molar-refractivity contribution is 7.89. The molecule has 1 rings (SSSR count). The van der Waals surface area contributed by atoms with E-state index in [2.05, 4.69) is 6.92 Å². The van der Waals surface area contributed by atoms with Crippen molar-refractivity contribution in [3.63, 3.8) is 0 Å². The van der Waals surface area contributed by atoms with Crippen LogP contribution in [0.1, 0.15) is 96.8 Å². The van der Waals surface area contributed by atoms with E-state index < -0.39 is 22.5 Å². The molecule has 0 aliphatic rings. The van der Waals surface area contributed by atoms with Gasteiger partial charge in [-0.05, 0) is 30.7 Å². The third-order valence-corrected chi connectivity index (χ3v) is 7.63. The molecule has 32 heavy (non-hydrogen) atoms. The van der Waals surface area contributed by atoms with Crippen molar-refractivity contribution in [2.45, 2.75) is 102 Å². The number of benzene rings is 1. The second kappa shape index (κ2) is 17.0. The monoisotopic (exact) mass is 469 g/mol. The maximum Gasteiger partial charge on any atom is 0.318 e. The molecule has 1 N–H and O–H groups in total. The second-order valence-electron chi connectivity index (χ2n) is 8.50. The Bertz CT molecular complexity index is 718. The zero-order valence-corrected chi connectivity index (χ0v) is 20.9. The first kappa shape index (κ1) is 28.4. The molecule has 1 aromatic rings. The Kier molecular flexibility index (Phi) is 15.1. The molecule has 7 heteroatoms. The van der Waals surface area contributed by atoms with Gasteiger partial charge in [-0.25, -0.2) is 8.42 Å². The van der Waals surface area contributed by atoms with Crippen molar-refractivity contribution in [1.29, 1.82) is 0 Å². The first-order valence-corrected chi connectivity index (χ1v) is 13.7. The largest absolute Gasteiger partial charge is 0.497 e. The summed E-state index contributed by atoms with van der Waals surface area (Å²) < 4.78 is 31.8. The van der Waals surface area contributed by atoms with Gasteiger partial charge in [0.2, 0.25) is 10.0 Å². The molecule has 0 aliphatic heterocycles. The van der Waals surface area contributed by atoms with Crippen molar-refractivity contribution in [2.24, 2.45) is 0 Å². The lowest BCUT2D eigenvalue weighted by atomic mass is 10.0. The standard InChI is InChI=1S/C25H43NO5S/c1-3-4-5-6-7-8-9-10-11-12-13-14-15-16-21-26(22-25(27)28)32(29,30)24-19-17-23(31-2)18-20-24/h17-20H,3-16,21-22H2,1-2H3,(H,27,28). The van der Waals surface area contributed by atoms with Crippen LogP contribution in [0.15, 0.2) is 29.2 Å². The summed E-state index contributed by atoms with van der Waals surface area (Å²) in [6.45, 7) is 1.95. The van der Waals surface area contributed by atoms with E-state index in [1.807, 2.05) is 0 Å². The number of sulfonamides is 1. The second-order valence-corrected chi connectivity index (χ2v) is 10.4. The van der Waals surface area contributed by atoms with Crippen LogP contribution in [0.5, 0.6) is 5.75 Å². The van der Waals surface area contributed by atoms with Crippen molar-refractivity contribution in [3.05, 3.63) is 24.3 Å². The highest BCUT2D eigenvalue weighted by Crippen LogP contribution is 2.20. The van der Waals surface area contributed by atoms with Gasteiger partial charge < -0.3 is 9.84 Å². The lowest BCUT2D eigenvalue weighted by Crippen LogP contribution is -2.36. The van der Waals surface area contributed by atoms with Crippen molar-refractivity contribution in [2.75, 3.05) is 20.2 Å². The van der Waals surface area contributed by atoms with Crippen molar-refractivity contribution in [3.8, 4) is 5.75 Å². The van der Waals surface area contributed by atoms with E-state index in [-0.39, 0.29) is 11.4 Å². The highest BCUT2D eigenvalue weighted by Gasteiger charge is 2.26. The van der Waals surface area contributed by atoms with Gasteiger partial charge in [-0.15, -0.1) is 0 Å². The van der Waals surface area contributed by atoms with E-state index in [1.54, 1.807) is 12.1 Å². The van der Waals surface area contributed by atoms with Crippen molar-refractivity contribution in [1.82, 2.24) is 4.31 Å². The number of hydrogen-bond acceptors (Lipinski definition) is 4. The molecule has 184 valence electrons. The number of rotatable bonds is 20. The average molecular weight is 470 g/mol. The molecule has 0 spiro atoms. The number of nitrogens with zero attached hydrogens (tertiary/aromatic N) is 1. The molecule has 0 saturated heterocycles. The molecule has 0 fully saturated rings. The van der Waals surface area contributed by atoms with Crippen molar-refractivity contribution >= 4 is 16.0 Å². The van der Waals surface area contributed by atoms with Gasteiger partial charge in [-0.1, -0.05) is 90.4 Å². The molecule has 0 unspecified atom stereocenters. The Hall–Kier alpha value is -1.60. The summed E-state index contributed by atoms with van der Waals surface area (Å²) >= 11 is 0. The molecule has 0 aliphatic carbocycles. The number of aliphatic carboxylic acids is 1. The van der Waals surface area contributed by atoms with Crippen LogP contribution in [-0.4, -0.2) is 44.0 Å². The summed E-state index contributed by atoms with van der Waals surface area (Å²) in [6, 6.07) is 6.04. The smallest absolute Gasteiger partial charge is 0.318 e. The molecule has 1 aromatic carbocycles. The first-order valence-electron chi connectivity index (χ1n) is 12.3. The minimum absolute atomic E-state index is 0.0879. The molecular weight excluding hydrogens is 426 g/mol. The van der Waals surface area contributed by atoms with Gasteiger partial charge >= 0.3 is 5.97 Å². The zero-order valence-electron chi connectivity index (χ0n) is 20.1. The Morgan fingerprint density at radius 3 is 1.66 bits per heavy atom. The third-order valence-electron chi connectivity index (χ3n) is 5.77. The number of carbonyl (C=O) groups is 1. The van der Waals surface area contributed by atoms with Gasteiger partial charge in [0.25, 0.3) is 0 Å². The Morgan fingerprint density at radius 2 is 1.25 bits per heavy atom. The number of unbranched alkanes of at least 4 members (excludes halogenated alkanes) is 13. The summed E-state index contributed by atoms with van der Waals surface area (Å²) in [7, 11) is -2.33. The minimum Gasteiger partial charge on any atom is -0.497 e. The maximum atomic E-state index is 12.9. The van der Waals surface area contributed by atoms with Crippen molar-refractivity contribution < 1.29 is 23.1 Å². The molecule has 0 atom stereocenters. The number of methoxy groups -OCH3 is 1. The lowest BCUT2D eigenvalue weighted by Gasteiger charge is -2.20. The van der Waals surface area contributed by atoms with E-state index in [1.165, 1.54) is 83.5 Å². The lowest BCUT2D eigenvalue weighted by molar-refractivity contribution is -0.137. The predicted octanol–water partition coefficient (Wildman–Crippen LogP) is 6.25. The highest BCUT2D eigenvalue weighted by atomic mass is 32.2. The maximum absolute atomic E-state index is 12.9. The van der Waals surface area contributed by atoms with E-state index in [9.17, 15) is 13.2 Å².